The summed E-state index contributed by atoms with van der Waals surface area (Å²) >= 11 is 15.5. The van der Waals surface area contributed by atoms with Gasteiger partial charge in [0.2, 0.25) is 0 Å². The predicted octanol–water partition coefficient (Wildman–Crippen LogP) is 7.26. The third kappa shape index (κ3) is 4.19. The molecule has 3 aromatic rings. The van der Waals surface area contributed by atoms with Gasteiger partial charge in [-0.15, -0.1) is 0 Å². The van der Waals surface area contributed by atoms with Gasteiger partial charge in [0, 0.05) is 33.3 Å². The van der Waals surface area contributed by atoms with Gasteiger partial charge in [0.05, 0.1) is 17.7 Å². The van der Waals surface area contributed by atoms with Crippen molar-refractivity contribution >= 4 is 56.6 Å². The molecule has 1 saturated heterocycles. The summed E-state index contributed by atoms with van der Waals surface area (Å²) < 4.78 is 43.8. The van der Waals surface area contributed by atoms with Crippen LogP contribution in [0.5, 0.6) is 0 Å². The number of hydrogen-bond donors (Lipinski definition) is 0. The van der Waals surface area contributed by atoms with E-state index in [0.29, 0.717) is 26.9 Å². The van der Waals surface area contributed by atoms with Crippen molar-refractivity contribution in [3.05, 3.63) is 97.4 Å². The Bertz CT molecular complexity index is 1340. The zero-order valence-corrected chi connectivity index (χ0v) is 21.7. The van der Waals surface area contributed by atoms with E-state index in [1.54, 1.807) is 47.4 Å². The standard InChI is InChI=1S/C26H18BrCl2F3N2O2/c27-22-12-19(6-5-15(22)13-34-23(35)20-3-1-2-4-21(20)24(34)36)33-8-7-25(14-33,26(30,31)32)16-9-17(28)11-18(29)10-16/h1-6,9-12H,7-8,13-14H2. The van der Waals surface area contributed by atoms with Crippen molar-refractivity contribution in [3.63, 3.8) is 0 Å². The van der Waals surface area contributed by atoms with Crippen LogP contribution >= 0.6 is 39.1 Å². The quantitative estimate of drug-likeness (QED) is 0.297. The number of carbonyl (C=O) groups excluding carboxylic acids is 2. The van der Waals surface area contributed by atoms with Crippen molar-refractivity contribution in [2.24, 2.45) is 0 Å². The number of fused-ring (bicyclic) bond motifs is 1. The maximum atomic E-state index is 14.4. The molecule has 186 valence electrons. The molecule has 0 radical (unpaired) electrons. The van der Waals surface area contributed by atoms with Crippen LogP contribution < -0.4 is 4.90 Å². The summed E-state index contributed by atoms with van der Waals surface area (Å²) in [6, 6.07) is 15.8. The van der Waals surface area contributed by atoms with E-state index in [9.17, 15) is 22.8 Å². The van der Waals surface area contributed by atoms with Crippen molar-refractivity contribution < 1.29 is 22.8 Å². The Hall–Kier alpha value is -2.55. The van der Waals surface area contributed by atoms with Crippen molar-refractivity contribution in [2.75, 3.05) is 18.0 Å². The summed E-state index contributed by atoms with van der Waals surface area (Å²) in [6.45, 7) is -0.0775. The summed E-state index contributed by atoms with van der Waals surface area (Å²) in [7, 11) is 0. The van der Waals surface area contributed by atoms with Gasteiger partial charge in [-0.1, -0.05) is 57.3 Å². The minimum atomic E-state index is -4.52. The number of amides is 2. The molecule has 2 aliphatic rings. The largest absolute Gasteiger partial charge is 0.400 e. The SMILES string of the molecule is O=C1c2ccccc2C(=O)N1Cc1ccc(N2CCC(c3cc(Cl)cc(Cl)c3)(C(F)(F)F)C2)cc1Br. The number of imide groups is 1. The molecule has 2 aliphatic heterocycles. The van der Waals surface area contributed by atoms with E-state index in [1.807, 2.05) is 0 Å². The Kier molecular flexibility index (Phi) is 6.34. The average molecular weight is 598 g/mol. The third-order valence-electron chi connectivity index (χ3n) is 6.84. The molecule has 5 rings (SSSR count). The van der Waals surface area contributed by atoms with Crippen LogP contribution in [-0.4, -0.2) is 36.0 Å². The predicted molar refractivity (Wildman–Crippen MR) is 136 cm³/mol. The molecule has 4 nitrogen and oxygen atoms in total. The van der Waals surface area contributed by atoms with E-state index >= 15 is 0 Å². The van der Waals surface area contributed by atoms with Gasteiger partial charge >= 0.3 is 6.18 Å². The Balaban J connectivity index is 1.40. The molecular weight excluding hydrogens is 580 g/mol. The first kappa shape index (κ1) is 25.1. The molecule has 0 N–H and O–H groups in total. The van der Waals surface area contributed by atoms with Gasteiger partial charge in [-0.3, -0.25) is 14.5 Å². The summed E-state index contributed by atoms with van der Waals surface area (Å²) in [5, 5.41) is 0.305. The normalized spacial score (nSPS) is 19.8. The summed E-state index contributed by atoms with van der Waals surface area (Å²) in [6.07, 6.45) is -4.67. The highest BCUT2D eigenvalue weighted by atomic mass is 79.9. The van der Waals surface area contributed by atoms with Crippen LogP contribution in [0.15, 0.2) is 65.1 Å². The van der Waals surface area contributed by atoms with Crippen molar-refractivity contribution in [1.82, 2.24) is 4.90 Å². The lowest BCUT2D eigenvalue weighted by atomic mass is 9.79. The third-order valence-corrected chi connectivity index (χ3v) is 8.01. The molecule has 2 heterocycles. The van der Waals surface area contributed by atoms with Gasteiger partial charge in [-0.05, 0) is 60.0 Å². The molecule has 2 amide bonds. The second-order valence-electron chi connectivity index (χ2n) is 8.93. The van der Waals surface area contributed by atoms with Crippen LogP contribution in [0, 0.1) is 0 Å². The van der Waals surface area contributed by atoms with Crippen LogP contribution in [0.4, 0.5) is 18.9 Å². The minimum absolute atomic E-state index is 0.0383. The molecule has 0 aromatic heterocycles. The van der Waals surface area contributed by atoms with Crippen molar-refractivity contribution in [2.45, 2.75) is 24.6 Å². The molecule has 3 aromatic carbocycles. The fourth-order valence-corrected chi connectivity index (χ4v) is 5.92. The molecule has 0 spiro atoms. The topological polar surface area (TPSA) is 40.6 Å². The lowest BCUT2D eigenvalue weighted by Gasteiger charge is -2.33. The Morgan fingerprint density at radius 2 is 1.53 bits per heavy atom. The van der Waals surface area contributed by atoms with Gasteiger partial charge in [-0.25, -0.2) is 0 Å². The Morgan fingerprint density at radius 1 is 0.917 bits per heavy atom. The van der Waals surface area contributed by atoms with E-state index < -0.39 is 11.6 Å². The van der Waals surface area contributed by atoms with Gasteiger partial charge in [-0.2, -0.15) is 13.2 Å². The first-order valence-electron chi connectivity index (χ1n) is 11.0. The lowest BCUT2D eigenvalue weighted by molar-refractivity contribution is -0.184. The van der Waals surface area contributed by atoms with E-state index in [2.05, 4.69) is 15.9 Å². The fraction of sp³-hybridized carbons (Fsp3) is 0.231. The van der Waals surface area contributed by atoms with Crippen LogP contribution in [-0.2, 0) is 12.0 Å². The highest BCUT2D eigenvalue weighted by molar-refractivity contribution is 9.10. The molecule has 0 aliphatic carbocycles. The zero-order valence-electron chi connectivity index (χ0n) is 18.6. The number of hydrogen-bond acceptors (Lipinski definition) is 3. The number of nitrogens with zero attached hydrogens (tertiary/aromatic N) is 2. The number of alkyl halides is 3. The Morgan fingerprint density at radius 3 is 2.08 bits per heavy atom. The van der Waals surface area contributed by atoms with Crippen LogP contribution in [0.25, 0.3) is 0 Å². The number of benzene rings is 3. The maximum Gasteiger partial charge on any atom is 0.400 e. The van der Waals surface area contributed by atoms with Crippen LogP contribution in [0.2, 0.25) is 10.0 Å². The highest BCUT2D eigenvalue weighted by Gasteiger charge is 2.59. The maximum absolute atomic E-state index is 14.4. The number of carbonyl (C=O) groups is 2. The second kappa shape index (κ2) is 9.08. The summed E-state index contributed by atoms with van der Waals surface area (Å²) in [5.74, 6) is -0.748. The van der Waals surface area contributed by atoms with Gasteiger partial charge in [0.25, 0.3) is 11.8 Å². The van der Waals surface area contributed by atoms with E-state index in [1.165, 1.54) is 18.2 Å². The second-order valence-corrected chi connectivity index (χ2v) is 10.7. The lowest BCUT2D eigenvalue weighted by Crippen LogP contribution is -2.44. The first-order valence-corrected chi connectivity index (χ1v) is 12.6. The van der Waals surface area contributed by atoms with E-state index in [4.69, 9.17) is 23.2 Å². The number of rotatable bonds is 4. The van der Waals surface area contributed by atoms with Gasteiger partial charge < -0.3 is 4.90 Å². The molecule has 0 bridgehead atoms. The molecule has 0 saturated carbocycles. The molecule has 10 heteroatoms. The highest BCUT2D eigenvalue weighted by Crippen LogP contribution is 2.49. The van der Waals surface area contributed by atoms with E-state index in [-0.39, 0.29) is 53.5 Å². The van der Waals surface area contributed by atoms with Crippen LogP contribution in [0.3, 0.4) is 0 Å². The molecule has 1 fully saturated rings. The summed E-state index contributed by atoms with van der Waals surface area (Å²) in [4.78, 5) is 28.2. The Labute approximate surface area is 223 Å². The average Bonchev–Trinajstić information content (AvgIpc) is 3.37. The molecule has 1 unspecified atom stereocenters. The first-order chi connectivity index (χ1) is 17.0. The monoisotopic (exact) mass is 596 g/mol. The van der Waals surface area contributed by atoms with Crippen molar-refractivity contribution in [3.8, 4) is 0 Å². The zero-order chi connectivity index (χ0) is 25.8. The molecule has 1 atom stereocenters. The fourth-order valence-electron chi connectivity index (χ4n) is 4.91. The minimum Gasteiger partial charge on any atom is -0.370 e. The number of halogens is 6. The smallest absolute Gasteiger partial charge is 0.370 e. The van der Waals surface area contributed by atoms with Crippen molar-refractivity contribution in [1.29, 1.82) is 0 Å². The number of anilines is 1. The molecule has 36 heavy (non-hydrogen) atoms. The van der Waals surface area contributed by atoms with E-state index in [0.717, 1.165) is 4.90 Å². The summed E-state index contributed by atoms with van der Waals surface area (Å²) in [5.41, 5.74) is -0.110. The van der Waals surface area contributed by atoms with Gasteiger partial charge in [0.1, 0.15) is 5.41 Å². The van der Waals surface area contributed by atoms with Crippen LogP contribution in [0.1, 0.15) is 38.3 Å². The van der Waals surface area contributed by atoms with Gasteiger partial charge in [0.15, 0.2) is 0 Å². The molecular formula is C26H18BrCl2F3N2O2.